The zero-order chi connectivity index (χ0) is 16.8. The van der Waals surface area contributed by atoms with Crippen molar-refractivity contribution in [3.8, 4) is 0 Å². The Hall–Kier alpha value is -2.89. The molecule has 0 unspecified atom stereocenters. The van der Waals surface area contributed by atoms with E-state index >= 15 is 0 Å². The van der Waals surface area contributed by atoms with E-state index in [1.165, 1.54) is 7.11 Å². The molecule has 0 radical (unpaired) electrons. The molecule has 6 heteroatoms. The van der Waals surface area contributed by atoms with Gasteiger partial charge in [0.1, 0.15) is 12.3 Å². The van der Waals surface area contributed by atoms with Gasteiger partial charge in [-0.25, -0.2) is 4.79 Å². The highest BCUT2D eigenvalue weighted by atomic mass is 16.5. The summed E-state index contributed by atoms with van der Waals surface area (Å²) >= 11 is 0. The molecule has 2 rings (SSSR count). The van der Waals surface area contributed by atoms with Crippen LogP contribution in [0.4, 0.5) is 0 Å². The molecule has 2 aromatic rings. The normalized spacial score (nSPS) is 10.2. The number of aldehydes is 1. The zero-order valence-corrected chi connectivity index (χ0v) is 12.9. The van der Waals surface area contributed by atoms with Crippen molar-refractivity contribution in [2.45, 2.75) is 20.0 Å². The standard InChI is InChI=1S/C17H17NO5/c1-11-13(8-15(20)22-2)14(9-19)18-16(11)17(21)23-10-12-6-4-3-5-7-12/h3-7,9,18H,8,10H2,1-2H3. The predicted molar refractivity (Wildman–Crippen MR) is 82.2 cm³/mol. The van der Waals surface area contributed by atoms with E-state index in [2.05, 4.69) is 9.72 Å². The smallest absolute Gasteiger partial charge is 0.355 e. The van der Waals surface area contributed by atoms with Gasteiger partial charge in [0.15, 0.2) is 6.29 Å². The number of aromatic nitrogens is 1. The predicted octanol–water partition coefficient (Wildman–Crippen LogP) is 2.21. The lowest BCUT2D eigenvalue weighted by molar-refractivity contribution is -0.139. The van der Waals surface area contributed by atoms with Crippen LogP contribution in [0.1, 0.15) is 37.7 Å². The van der Waals surface area contributed by atoms with Crippen LogP contribution >= 0.6 is 0 Å². The first-order chi connectivity index (χ1) is 11.1. The Balaban J connectivity index is 2.17. The number of benzene rings is 1. The van der Waals surface area contributed by atoms with Crippen molar-refractivity contribution in [1.82, 2.24) is 4.98 Å². The van der Waals surface area contributed by atoms with Crippen molar-refractivity contribution in [3.63, 3.8) is 0 Å². The number of carbonyl (C=O) groups is 3. The van der Waals surface area contributed by atoms with E-state index in [4.69, 9.17) is 4.74 Å². The molecule has 0 aliphatic rings. The largest absolute Gasteiger partial charge is 0.469 e. The molecule has 0 fully saturated rings. The molecule has 23 heavy (non-hydrogen) atoms. The minimum Gasteiger partial charge on any atom is -0.469 e. The lowest BCUT2D eigenvalue weighted by Crippen LogP contribution is -2.08. The van der Waals surface area contributed by atoms with Crippen LogP contribution in [0.5, 0.6) is 0 Å². The molecule has 0 amide bonds. The maximum Gasteiger partial charge on any atom is 0.355 e. The summed E-state index contributed by atoms with van der Waals surface area (Å²) < 4.78 is 9.84. The topological polar surface area (TPSA) is 85.5 Å². The summed E-state index contributed by atoms with van der Waals surface area (Å²) in [4.78, 5) is 37.5. The summed E-state index contributed by atoms with van der Waals surface area (Å²) in [5.74, 6) is -1.06. The second-order valence-electron chi connectivity index (χ2n) is 4.95. The van der Waals surface area contributed by atoms with Crippen molar-refractivity contribution >= 4 is 18.2 Å². The number of rotatable bonds is 6. The first-order valence-corrected chi connectivity index (χ1v) is 7.01. The molecule has 120 valence electrons. The maximum atomic E-state index is 12.2. The molecule has 0 aliphatic carbocycles. The van der Waals surface area contributed by atoms with E-state index in [0.29, 0.717) is 17.4 Å². The third-order valence-corrected chi connectivity index (χ3v) is 3.50. The molecule has 1 N–H and O–H groups in total. The van der Waals surface area contributed by atoms with Gasteiger partial charge >= 0.3 is 11.9 Å². The average molecular weight is 315 g/mol. The molecular formula is C17H17NO5. The van der Waals surface area contributed by atoms with Gasteiger partial charge in [0, 0.05) is 0 Å². The van der Waals surface area contributed by atoms with Crippen LogP contribution in [0.2, 0.25) is 0 Å². The molecule has 0 bridgehead atoms. The Morgan fingerprint density at radius 1 is 1.22 bits per heavy atom. The van der Waals surface area contributed by atoms with E-state index < -0.39 is 11.9 Å². The highest BCUT2D eigenvalue weighted by molar-refractivity contribution is 5.93. The van der Waals surface area contributed by atoms with Gasteiger partial charge in [-0.3, -0.25) is 9.59 Å². The van der Waals surface area contributed by atoms with Crippen LogP contribution in [-0.2, 0) is 27.3 Å². The fourth-order valence-corrected chi connectivity index (χ4v) is 2.20. The number of carbonyl (C=O) groups excluding carboxylic acids is 3. The van der Waals surface area contributed by atoms with Gasteiger partial charge in [0.05, 0.1) is 19.2 Å². The highest BCUT2D eigenvalue weighted by Crippen LogP contribution is 2.19. The molecule has 0 aliphatic heterocycles. The van der Waals surface area contributed by atoms with Crippen LogP contribution in [0.15, 0.2) is 30.3 Å². The summed E-state index contributed by atoms with van der Waals surface area (Å²) in [6.45, 7) is 1.78. The first-order valence-electron chi connectivity index (χ1n) is 7.01. The SMILES string of the molecule is COC(=O)Cc1c(C=O)[nH]c(C(=O)OCc2ccccc2)c1C. The fourth-order valence-electron chi connectivity index (χ4n) is 2.20. The van der Waals surface area contributed by atoms with Gasteiger partial charge in [0.2, 0.25) is 0 Å². The third-order valence-electron chi connectivity index (χ3n) is 3.50. The Kier molecular flexibility index (Phi) is 5.30. The molecule has 6 nitrogen and oxygen atoms in total. The lowest BCUT2D eigenvalue weighted by Gasteiger charge is -2.05. The van der Waals surface area contributed by atoms with Gasteiger partial charge in [-0.15, -0.1) is 0 Å². The van der Waals surface area contributed by atoms with Crippen molar-refractivity contribution in [3.05, 3.63) is 58.4 Å². The Morgan fingerprint density at radius 3 is 2.52 bits per heavy atom. The Morgan fingerprint density at radius 2 is 1.91 bits per heavy atom. The van der Waals surface area contributed by atoms with Crippen LogP contribution in [-0.4, -0.2) is 30.3 Å². The van der Waals surface area contributed by atoms with E-state index in [9.17, 15) is 14.4 Å². The summed E-state index contributed by atoms with van der Waals surface area (Å²) in [7, 11) is 1.26. The van der Waals surface area contributed by atoms with Crippen LogP contribution in [0.3, 0.4) is 0 Å². The number of H-pyrrole nitrogens is 1. The summed E-state index contributed by atoms with van der Waals surface area (Å²) in [6.07, 6.45) is 0.484. The molecule has 0 saturated heterocycles. The van der Waals surface area contributed by atoms with E-state index in [-0.39, 0.29) is 24.4 Å². The number of hydrogen-bond donors (Lipinski definition) is 1. The number of hydrogen-bond acceptors (Lipinski definition) is 5. The van der Waals surface area contributed by atoms with Crippen molar-refractivity contribution in [2.75, 3.05) is 7.11 Å². The molecule has 0 saturated carbocycles. The number of ether oxygens (including phenoxy) is 2. The van der Waals surface area contributed by atoms with Crippen LogP contribution in [0.25, 0.3) is 0 Å². The number of nitrogens with one attached hydrogen (secondary N) is 1. The van der Waals surface area contributed by atoms with Gasteiger partial charge in [-0.05, 0) is 23.6 Å². The molecular weight excluding hydrogens is 298 g/mol. The van der Waals surface area contributed by atoms with Gasteiger partial charge in [-0.1, -0.05) is 30.3 Å². The van der Waals surface area contributed by atoms with Gasteiger partial charge in [-0.2, -0.15) is 0 Å². The van der Waals surface area contributed by atoms with Crippen molar-refractivity contribution < 1.29 is 23.9 Å². The Bertz CT molecular complexity index is 718. The van der Waals surface area contributed by atoms with Crippen molar-refractivity contribution in [2.24, 2.45) is 0 Å². The highest BCUT2D eigenvalue weighted by Gasteiger charge is 2.22. The number of esters is 2. The molecule has 1 aromatic carbocycles. The second kappa shape index (κ2) is 7.40. The van der Waals surface area contributed by atoms with Gasteiger partial charge in [0.25, 0.3) is 0 Å². The van der Waals surface area contributed by atoms with Crippen LogP contribution in [0, 0.1) is 6.92 Å². The first kappa shape index (κ1) is 16.5. The molecule has 0 atom stereocenters. The Labute approximate surface area is 133 Å². The summed E-state index contributed by atoms with van der Waals surface area (Å²) in [5, 5.41) is 0. The van der Waals surface area contributed by atoms with E-state index in [1.807, 2.05) is 30.3 Å². The van der Waals surface area contributed by atoms with Gasteiger partial charge < -0.3 is 14.5 Å². The van der Waals surface area contributed by atoms with E-state index in [1.54, 1.807) is 6.92 Å². The monoisotopic (exact) mass is 315 g/mol. The minimum atomic E-state index is -0.578. The fraction of sp³-hybridized carbons (Fsp3) is 0.235. The maximum absolute atomic E-state index is 12.2. The summed E-state index contributed by atoms with van der Waals surface area (Å²) in [6, 6.07) is 9.25. The quantitative estimate of drug-likeness (QED) is 0.652. The molecule has 1 heterocycles. The average Bonchev–Trinajstić information content (AvgIpc) is 2.89. The third kappa shape index (κ3) is 3.85. The van der Waals surface area contributed by atoms with Crippen LogP contribution < -0.4 is 0 Å². The lowest BCUT2D eigenvalue weighted by atomic mass is 10.1. The minimum absolute atomic E-state index is 0.0845. The van der Waals surface area contributed by atoms with E-state index in [0.717, 1.165) is 5.56 Å². The summed E-state index contributed by atoms with van der Waals surface area (Å²) in [5.41, 5.74) is 2.16. The number of methoxy groups -OCH3 is 1. The molecule has 0 spiro atoms. The van der Waals surface area contributed by atoms with Crippen molar-refractivity contribution in [1.29, 1.82) is 0 Å². The second-order valence-corrected chi connectivity index (χ2v) is 4.95. The molecule has 1 aromatic heterocycles. The zero-order valence-electron chi connectivity index (χ0n) is 12.9. The number of aromatic amines is 1.